The molecule has 9 aromatic rings. The van der Waals surface area contributed by atoms with Gasteiger partial charge in [0.05, 0.1) is 35.7 Å². The van der Waals surface area contributed by atoms with E-state index in [9.17, 15) is 50.5 Å². The van der Waals surface area contributed by atoms with Gasteiger partial charge in [0, 0.05) is 72.8 Å². The Kier molecular flexibility index (Phi) is 30.3. The number of hydrogen-bond acceptors (Lipinski definition) is 17. The van der Waals surface area contributed by atoms with Crippen LogP contribution in [0.5, 0.6) is 0 Å². The molecule has 0 aliphatic rings. The zero-order chi connectivity index (χ0) is 68.1. The lowest BCUT2D eigenvalue weighted by molar-refractivity contribution is 0.350. The molecule has 4 N–H and O–H groups in total. The summed E-state index contributed by atoms with van der Waals surface area (Å²) in [5, 5.41) is 17.4. The van der Waals surface area contributed by atoms with Crippen LogP contribution in [0.25, 0.3) is 20.9 Å². The van der Waals surface area contributed by atoms with Crippen LogP contribution in [0.2, 0.25) is 0 Å². The SMILES string of the molecule is CC(C)I.CC(C)N(Cc1ccc(-c2ccc(S(C)(=O)=O)cc2)s1)S(=O)(=O)Cc1ccccc1.CS(=O)(=O)c1ccc(-c2ccc(CNS(=O)(=O)Cc3ccccc3)s2)cc1.CS(=O)(=O)c1ccc(B(O)O)cc1.O=S(=O)(Cc1ccccc1)NCc1ccc(Br)s1. The van der Waals surface area contributed by atoms with Gasteiger partial charge in [0.2, 0.25) is 30.1 Å². The van der Waals surface area contributed by atoms with Gasteiger partial charge in [0.1, 0.15) is 0 Å². The van der Waals surface area contributed by atoms with E-state index in [1.165, 1.54) is 75.1 Å². The summed E-state index contributed by atoms with van der Waals surface area (Å²) in [6.45, 7) is 8.93. The van der Waals surface area contributed by atoms with E-state index in [0.29, 0.717) is 13.1 Å². The molecule has 9 rings (SSSR count). The second-order valence-corrected chi connectivity index (χ2v) is 40.0. The smallest absolute Gasteiger partial charge is 0.423 e. The van der Waals surface area contributed by atoms with Gasteiger partial charge >= 0.3 is 7.12 Å². The largest absolute Gasteiger partial charge is 0.488 e. The van der Waals surface area contributed by atoms with Crippen molar-refractivity contribution in [3.63, 3.8) is 0 Å². The number of sulfonamides is 3. The average molecular weight is 1600 g/mol. The highest BCUT2D eigenvalue weighted by molar-refractivity contribution is 14.1. The minimum atomic E-state index is -3.48. The fourth-order valence-electron chi connectivity index (χ4n) is 7.99. The van der Waals surface area contributed by atoms with Gasteiger partial charge in [-0.15, -0.1) is 34.0 Å². The van der Waals surface area contributed by atoms with Gasteiger partial charge < -0.3 is 10.0 Å². The number of alkyl halides is 1. The number of thiophene rings is 3. The van der Waals surface area contributed by atoms with Crippen LogP contribution in [0.3, 0.4) is 0 Å². The van der Waals surface area contributed by atoms with Gasteiger partial charge in [-0.3, -0.25) is 0 Å². The maximum Gasteiger partial charge on any atom is 0.488 e. The Morgan fingerprint density at radius 3 is 1.11 bits per heavy atom. The molecule has 0 spiro atoms. The molecule has 0 radical (unpaired) electrons. The molecular formula is C63H72BBrIN3O14S9. The quantitative estimate of drug-likeness (QED) is 0.0279. The number of rotatable bonds is 22. The lowest BCUT2D eigenvalue weighted by atomic mass is 9.81. The predicted molar refractivity (Wildman–Crippen MR) is 388 cm³/mol. The molecule has 6 aromatic carbocycles. The molecule has 0 fully saturated rings. The fraction of sp³-hybridized carbons (Fsp3) is 0.238. The van der Waals surface area contributed by atoms with Gasteiger partial charge in [-0.25, -0.2) is 60.0 Å². The number of benzene rings is 6. The minimum Gasteiger partial charge on any atom is -0.423 e. The van der Waals surface area contributed by atoms with E-state index in [0.717, 1.165) is 66.2 Å². The summed E-state index contributed by atoms with van der Waals surface area (Å²) in [5.74, 6) is -0.0728. The van der Waals surface area contributed by atoms with Crippen molar-refractivity contribution in [2.45, 2.75) is 89.2 Å². The van der Waals surface area contributed by atoms with Crippen molar-refractivity contribution in [2.75, 3.05) is 18.8 Å². The van der Waals surface area contributed by atoms with Gasteiger partial charge in [0.25, 0.3) is 0 Å². The summed E-state index contributed by atoms with van der Waals surface area (Å²) in [4.78, 5) is 5.44. The molecule has 0 bridgehead atoms. The van der Waals surface area contributed by atoms with E-state index >= 15 is 0 Å². The van der Waals surface area contributed by atoms with Crippen molar-refractivity contribution in [3.8, 4) is 20.9 Å². The van der Waals surface area contributed by atoms with E-state index in [1.807, 2.05) is 117 Å². The van der Waals surface area contributed by atoms with Gasteiger partial charge in [0.15, 0.2) is 29.5 Å². The van der Waals surface area contributed by atoms with E-state index in [1.54, 1.807) is 72.8 Å². The van der Waals surface area contributed by atoms with Crippen LogP contribution in [0, 0.1) is 0 Å². The van der Waals surface area contributed by atoms with Gasteiger partial charge in [-0.2, -0.15) is 4.31 Å². The van der Waals surface area contributed by atoms with Crippen LogP contribution >= 0.6 is 72.5 Å². The third-order valence-corrected chi connectivity index (χ3v) is 24.3. The topological polar surface area (TPSA) is 273 Å². The van der Waals surface area contributed by atoms with Crippen LogP contribution < -0.4 is 14.9 Å². The molecule has 92 heavy (non-hydrogen) atoms. The van der Waals surface area contributed by atoms with Crippen molar-refractivity contribution in [1.82, 2.24) is 13.7 Å². The Labute approximate surface area is 577 Å². The van der Waals surface area contributed by atoms with Crippen LogP contribution in [-0.2, 0) is 96.5 Å². The fourth-order valence-corrected chi connectivity index (χ4v) is 17.5. The molecule has 17 nitrogen and oxygen atoms in total. The van der Waals surface area contributed by atoms with Crippen LogP contribution in [0.4, 0.5) is 0 Å². The van der Waals surface area contributed by atoms with E-state index < -0.39 is 66.7 Å². The van der Waals surface area contributed by atoms with E-state index in [2.05, 4.69) is 61.8 Å². The molecular weight excluding hydrogens is 1530 g/mol. The number of nitrogens with one attached hydrogen (secondary N) is 2. The van der Waals surface area contributed by atoms with E-state index in [-0.39, 0.29) is 50.0 Å². The average Bonchev–Trinajstić information content (AvgIpc) is 1.47. The number of hydrogen-bond donors (Lipinski definition) is 4. The van der Waals surface area contributed by atoms with Crippen LogP contribution in [0.15, 0.2) is 219 Å². The van der Waals surface area contributed by atoms with E-state index in [4.69, 9.17) is 10.0 Å². The standard InChI is InChI=1S/C22H25NO4S3.C19H19NO4S3.C12H12BrNO2S2.C7H9BO4S.C3H7I/c1-17(2)23(30(26,27)16-18-7-5-4-6-8-18)15-20-11-14-22(28-20)19-9-12-21(13-10-19)29(3,24)25;1-26(21,22)18-10-7-16(8-11-18)19-12-9-17(25-19)13-20-27(23,24)14-15-5-3-2-4-6-15;13-12-7-6-11(17-12)8-14-18(15,16)9-10-4-2-1-3-5-10;1-13(11,12)7-4-2-6(3-5-7)8(9)10;1-3(2)4/h4-14,17H,15-16H2,1-3H3;2-12,20H,13-14H2,1H3;1-7,14H,8-9H2;2-5,9-10H,1H3;3H,1-2H3. The second-order valence-electron chi connectivity index (χ2n) is 21.1. The van der Waals surface area contributed by atoms with Crippen molar-refractivity contribution in [2.24, 2.45) is 0 Å². The first-order valence-corrected chi connectivity index (χ1v) is 42.9. The Morgan fingerprint density at radius 1 is 0.446 bits per heavy atom. The highest BCUT2D eigenvalue weighted by Crippen LogP contribution is 2.32. The Morgan fingerprint density at radius 2 is 0.772 bits per heavy atom. The van der Waals surface area contributed by atoms with Gasteiger partial charge in [-0.1, -0.05) is 164 Å². The molecule has 3 aromatic heterocycles. The summed E-state index contributed by atoms with van der Waals surface area (Å²) in [6.07, 6.45) is 3.45. The first-order valence-electron chi connectivity index (χ1n) is 27.9. The molecule has 0 atom stereocenters. The summed E-state index contributed by atoms with van der Waals surface area (Å²) >= 11 is 10.2. The third kappa shape index (κ3) is 27.9. The zero-order valence-electron chi connectivity index (χ0n) is 51.2. The summed E-state index contributed by atoms with van der Waals surface area (Å²) < 4.78 is 151. The molecule has 0 aliphatic carbocycles. The Hall–Kier alpha value is -4.81. The molecule has 0 saturated heterocycles. The number of sulfone groups is 3. The second kappa shape index (κ2) is 35.8. The van der Waals surface area contributed by atoms with Crippen LogP contribution in [0.1, 0.15) is 59.0 Å². The molecule has 494 valence electrons. The number of nitrogens with zero attached hydrogens (tertiary/aromatic N) is 1. The van der Waals surface area contributed by atoms with Crippen molar-refractivity contribution < 1.29 is 60.6 Å². The lowest BCUT2D eigenvalue weighted by Gasteiger charge is -2.25. The highest BCUT2D eigenvalue weighted by Gasteiger charge is 2.26. The lowest BCUT2D eigenvalue weighted by Crippen LogP contribution is -2.37. The third-order valence-electron chi connectivity index (χ3n) is 12.5. The zero-order valence-corrected chi connectivity index (χ0v) is 62.3. The summed E-state index contributed by atoms with van der Waals surface area (Å²) in [5.41, 5.74) is 4.36. The minimum absolute atomic E-state index is 0.0143. The first kappa shape index (κ1) is 77.9. The maximum atomic E-state index is 13.0. The summed E-state index contributed by atoms with van der Waals surface area (Å²) in [7, 11) is -21.4. The van der Waals surface area contributed by atoms with Gasteiger partial charge in [-0.05, 0) is 136 Å². The monoisotopic (exact) mass is 1600 g/mol. The van der Waals surface area contributed by atoms with Crippen molar-refractivity contribution in [3.05, 3.63) is 235 Å². The molecule has 0 amide bonds. The first-order chi connectivity index (χ1) is 43.0. The maximum absolute atomic E-state index is 13.0. The Balaban J connectivity index is 0.000000227. The molecule has 29 heteroatoms. The molecule has 0 saturated carbocycles. The number of halogens is 2. The van der Waals surface area contributed by atoms with Crippen molar-refractivity contribution in [1.29, 1.82) is 0 Å². The highest BCUT2D eigenvalue weighted by atomic mass is 127. The molecule has 3 heterocycles. The molecule has 0 aliphatic heterocycles. The predicted octanol–water partition coefficient (Wildman–Crippen LogP) is 11.7. The Bertz CT molecular complexity index is 4470. The molecule has 0 unspecified atom stereocenters. The normalized spacial score (nSPS) is 11.9. The van der Waals surface area contributed by atoms with Crippen molar-refractivity contribution >= 4 is 145 Å². The van der Waals surface area contributed by atoms with Crippen LogP contribution in [-0.4, -0.2) is 101 Å². The summed E-state index contributed by atoms with van der Waals surface area (Å²) in [6, 6.07) is 57.4.